The van der Waals surface area contributed by atoms with E-state index < -0.39 is 11.8 Å². The summed E-state index contributed by atoms with van der Waals surface area (Å²) in [6.45, 7) is 0. The SMILES string of the molecule is COc1cccc(-c2nc3c(C(=O)Nc4nc[nH]c4C(N)=O)cccc3[nH]2)n1. The second-order valence-corrected chi connectivity index (χ2v) is 5.80. The predicted octanol–water partition coefficient (Wildman–Crippen LogP) is 1.71. The Morgan fingerprint density at radius 3 is 2.75 bits per heavy atom. The minimum absolute atomic E-state index is 0.0174. The molecule has 3 aromatic heterocycles. The summed E-state index contributed by atoms with van der Waals surface area (Å²) in [4.78, 5) is 42.6. The van der Waals surface area contributed by atoms with Gasteiger partial charge >= 0.3 is 0 Å². The molecule has 0 aliphatic heterocycles. The Labute approximate surface area is 158 Å². The molecule has 3 heterocycles. The number of fused-ring (bicyclic) bond motifs is 1. The van der Waals surface area contributed by atoms with Gasteiger partial charge in [-0.1, -0.05) is 12.1 Å². The monoisotopic (exact) mass is 377 g/mol. The fourth-order valence-corrected chi connectivity index (χ4v) is 2.75. The van der Waals surface area contributed by atoms with Crippen molar-refractivity contribution in [1.29, 1.82) is 0 Å². The second-order valence-electron chi connectivity index (χ2n) is 5.80. The summed E-state index contributed by atoms with van der Waals surface area (Å²) in [7, 11) is 1.53. The summed E-state index contributed by atoms with van der Waals surface area (Å²) in [6, 6.07) is 10.4. The van der Waals surface area contributed by atoms with Crippen molar-refractivity contribution in [2.45, 2.75) is 0 Å². The van der Waals surface area contributed by atoms with Crippen molar-refractivity contribution in [1.82, 2.24) is 24.9 Å². The Balaban J connectivity index is 1.71. The summed E-state index contributed by atoms with van der Waals surface area (Å²) in [5.41, 5.74) is 7.27. The van der Waals surface area contributed by atoms with E-state index in [2.05, 4.69) is 30.2 Å². The maximum Gasteiger partial charge on any atom is 0.269 e. The predicted molar refractivity (Wildman–Crippen MR) is 101 cm³/mol. The van der Waals surface area contributed by atoms with Gasteiger partial charge in [0.25, 0.3) is 11.8 Å². The topological polar surface area (TPSA) is 152 Å². The van der Waals surface area contributed by atoms with Gasteiger partial charge in [-0.05, 0) is 18.2 Å². The number of aromatic nitrogens is 5. The van der Waals surface area contributed by atoms with E-state index in [4.69, 9.17) is 10.5 Å². The van der Waals surface area contributed by atoms with E-state index in [1.54, 1.807) is 36.4 Å². The van der Waals surface area contributed by atoms with E-state index >= 15 is 0 Å². The molecule has 0 bridgehead atoms. The molecule has 5 N–H and O–H groups in total. The number of rotatable bonds is 5. The number of nitrogens with two attached hydrogens (primary N) is 1. The molecule has 10 heteroatoms. The lowest BCUT2D eigenvalue weighted by molar-refractivity contribution is 0.0997. The van der Waals surface area contributed by atoms with Crippen LogP contribution in [0.25, 0.3) is 22.6 Å². The highest BCUT2D eigenvalue weighted by Crippen LogP contribution is 2.24. The van der Waals surface area contributed by atoms with Crippen LogP contribution in [-0.4, -0.2) is 43.8 Å². The molecule has 0 atom stereocenters. The Hall–Kier alpha value is -4.21. The highest BCUT2D eigenvalue weighted by molar-refractivity contribution is 6.13. The zero-order chi connectivity index (χ0) is 19.7. The first-order valence-corrected chi connectivity index (χ1v) is 8.21. The van der Waals surface area contributed by atoms with Crippen molar-refractivity contribution in [3.63, 3.8) is 0 Å². The average Bonchev–Trinajstić information content (AvgIpc) is 3.34. The third kappa shape index (κ3) is 3.03. The van der Waals surface area contributed by atoms with Crippen LogP contribution in [0.4, 0.5) is 5.82 Å². The molecule has 140 valence electrons. The first-order valence-electron chi connectivity index (χ1n) is 8.21. The molecular weight excluding hydrogens is 362 g/mol. The van der Waals surface area contributed by atoms with Crippen LogP contribution in [-0.2, 0) is 0 Å². The van der Waals surface area contributed by atoms with E-state index in [1.807, 2.05) is 0 Å². The van der Waals surface area contributed by atoms with Crippen LogP contribution in [0, 0.1) is 0 Å². The summed E-state index contributed by atoms with van der Waals surface area (Å²) >= 11 is 0. The summed E-state index contributed by atoms with van der Waals surface area (Å²) in [6.07, 6.45) is 1.28. The molecule has 10 nitrogen and oxygen atoms in total. The molecule has 4 aromatic rings. The molecule has 0 radical (unpaired) electrons. The molecule has 0 spiro atoms. The minimum Gasteiger partial charge on any atom is -0.481 e. The van der Waals surface area contributed by atoms with Crippen LogP contribution in [0.15, 0.2) is 42.7 Å². The number of hydrogen-bond acceptors (Lipinski definition) is 6. The number of amides is 2. The molecule has 28 heavy (non-hydrogen) atoms. The number of methoxy groups -OCH3 is 1. The van der Waals surface area contributed by atoms with Gasteiger partial charge in [-0.3, -0.25) is 9.59 Å². The molecule has 1 aromatic carbocycles. The quantitative estimate of drug-likeness (QED) is 0.415. The molecule has 0 saturated carbocycles. The molecule has 0 aliphatic carbocycles. The van der Waals surface area contributed by atoms with E-state index in [0.29, 0.717) is 34.0 Å². The fourth-order valence-electron chi connectivity index (χ4n) is 2.75. The lowest BCUT2D eigenvalue weighted by Gasteiger charge is -2.04. The number of para-hydroxylation sites is 1. The normalized spacial score (nSPS) is 10.8. The van der Waals surface area contributed by atoms with Gasteiger partial charge in [-0.2, -0.15) is 0 Å². The maximum absolute atomic E-state index is 12.7. The van der Waals surface area contributed by atoms with Crippen LogP contribution >= 0.6 is 0 Å². The number of aromatic amines is 2. The number of primary amides is 1. The van der Waals surface area contributed by atoms with Crippen LogP contribution in [0.2, 0.25) is 0 Å². The highest BCUT2D eigenvalue weighted by Gasteiger charge is 2.18. The molecule has 0 saturated heterocycles. The standard InChI is InChI=1S/C18H15N7O3/c1-28-12-7-3-6-11(22-12)16-23-10-5-2-4-9(13(10)24-16)18(27)25-17-14(15(19)26)20-8-21-17/h2-8H,1H3,(H2,19,26)(H,20,21)(H,23,24)(H,25,27). The van der Waals surface area contributed by atoms with Crippen molar-refractivity contribution in [3.05, 3.63) is 54.0 Å². The molecular formula is C18H15N7O3. The van der Waals surface area contributed by atoms with Gasteiger partial charge < -0.3 is 25.8 Å². The number of nitrogens with one attached hydrogen (secondary N) is 3. The van der Waals surface area contributed by atoms with Gasteiger partial charge in [-0.15, -0.1) is 0 Å². The number of carbonyl (C=O) groups is 2. The van der Waals surface area contributed by atoms with Crippen molar-refractivity contribution in [2.24, 2.45) is 5.73 Å². The number of pyridine rings is 1. The smallest absolute Gasteiger partial charge is 0.269 e. The Morgan fingerprint density at radius 1 is 1.14 bits per heavy atom. The van der Waals surface area contributed by atoms with Crippen LogP contribution in [0.3, 0.4) is 0 Å². The lowest BCUT2D eigenvalue weighted by Crippen LogP contribution is -2.18. The Bertz CT molecular complexity index is 1190. The summed E-state index contributed by atoms with van der Waals surface area (Å²) < 4.78 is 5.14. The van der Waals surface area contributed by atoms with E-state index in [1.165, 1.54) is 13.4 Å². The van der Waals surface area contributed by atoms with E-state index in [-0.39, 0.29) is 11.5 Å². The third-order valence-electron chi connectivity index (χ3n) is 4.05. The summed E-state index contributed by atoms with van der Waals surface area (Å²) in [5.74, 6) is -0.200. The van der Waals surface area contributed by atoms with Gasteiger partial charge in [0, 0.05) is 6.07 Å². The number of carbonyl (C=O) groups excluding carboxylic acids is 2. The lowest BCUT2D eigenvalue weighted by atomic mass is 10.1. The zero-order valence-electron chi connectivity index (χ0n) is 14.7. The van der Waals surface area contributed by atoms with Gasteiger partial charge in [0.05, 0.1) is 24.5 Å². The Kier molecular flexibility index (Phi) is 4.20. The van der Waals surface area contributed by atoms with Crippen molar-refractivity contribution in [2.75, 3.05) is 12.4 Å². The van der Waals surface area contributed by atoms with Crippen LogP contribution in [0.1, 0.15) is 20.8 Å². The molecule has 0 unspecified atom stereocenters. The largest absolute Gasteiger partial charge is 0.481 e. The van der Waals surface area contributed by atoms with Crippen LogP contribution < -0.4 is 15.8 Å². The van der Waals surface area contributed by atoms with E-state index in [0.717, 1.165) is 0 Å². The van der Waals surface area contributed by atoms with Crippen molar-refractivity contribution < 1.29 is 14.3 Å². The molecule has 0 aliphatic rings. The van der Waals surface area contributed by atoms with Crippen molar-refractivity contribution >= 4 is 28.7 Å². The van der Waals surface area contributed by atoms with Gasteiger partial charge in [0.15, 0.2) is 11.6 Å². The van der Waals surface area contributed by atoms with Crippen LogP contribution in [0.5, 0.6) is 5.88 Å². The maximum atomic E-state index is 12.7. The fraction of sp³-hybridized carbons (Fsp3) is 0.0556. The summed E-state index contributed by atoms with van der Waals surface area (Å²) in [5, 5.41) is 2.58. The number of benzene rings is 1. The van der Waals surface area contributed by atoms with E-state index in [9.17, 15) is 9.59 Å². The number of H-pyrrole nitrogens is 2. The molecule has 0 fully saturated rings. The minimum atomic E-state index is -0.725. The number of imidazole rings is 2. The van der Waals surface area contributed by atoms with Gasteiger partial charge in [-0.25, -0.2) is 15.0 Å². The first-order chi connectivity index (χ1) is 13.6. The number of hydrogen-bond donors (Lipinski definition) is 4. The van der Waals surface area contributed by atoms with Gasteiger partial charge in [0.1, 0.15) is 16.9 Å². The highest BCUT2D eigenvalue weighted by atomic mass is 16.5. The molecule has 2 amide bonds. The molecule has 4 rings (SSSR count). The third-order valence-corrected chi connectivity index (χ3v) is 4.05. The zero-order valence-corrected chi connectivity index (χ0v) is 14.7. The van der Waals surface area contributed by atoms with Gasteiger partial charge in [0.2, 0.25) is 5.88 Å². The number of anilines is 1. The second kappa shape index (κ2) is 6.83. The number of ether oxygens (including phenoxy) is 1. The number of nitrogens with zero attached hydrogens (tertiary/aromatic N) is 3. The van der Waals surface area contributed by atoms with Crippen molar-refractivity contribution in [3.8, 4) is 17.4 Å². The average molecular weight is 377 g/mol. The first kappa shape index (κ1) is 17.2. The Morgan fingerprint density at radius 2 is 1.96 bits per heavy atom.